The number of aliphatic hydroxyl groups is 1. The molecular weight excluding hydrogens is 248 g/mol. The average molecular weight is 262 g/mol. The van der Waals surface area contributed by atoms with Crippen molar-refractivity contribution in [3.8, 4) is 5.75 Å². The third-order valence-electron chi connectivity index (χ3n) is 3.27. The van der Waals surface area contributed by atoms with E-state index in [9.17, 15) is 19.8 Å². The quantitative estimate of drug-likeness (QED) is 0.630. The van der Waals surface area contributed by atoms with E-state index in [1.807, 2.05) is 0 Å². The molecule has 0 bridgehead atoms. The normalized spacial score (nSPS) is 20.8. The SMILES string of the molecule is CC(C)(C(=O)O)C1Oc2ccccc2C(=O)/C1=C/O. The van der Waals surface area contributed by atoms with Gasteiger partial charge in [-0.15, -0.1) is 0 Å². The number of carboxylic acid groups (broad SMARTS) is 1. The molecule has 100 valence electrons. The Balaban J connectivity index is 2.55. The van der Waals surface area contributed by atoms with Crippen LogP contribution < -0.4 is 4.74 Å². The highest BCUT2D eigenvalue weighted by atomic mass is 16.5. The summed E-state index contributed by atoms with van der Waals surface area (Å²) < 4.78 is 5.60. The summed E-state index contributed by atoms with van der Waals surface area (Å²) >= 11 is 0. The Morgan fingerprint density at radius 1 is 1.37 bits per heavy atom. The number of aliphatic hydroxyl groups excluding tert-OH is 1. The fourth-order valence-corrected chi connectivity index (χ4v) is 2.00. The number of hydrogen-bond acceptors (Lipinski definition) is 4. The van der Waals surface area contributed by atoms with Gasteiger partial charge in [-0.05, 0) is 26.0 Å². The van der Waals surface area contributed by atoms with E-state index in [0.29, 0.717) is 17.6 Å². The lowest BCUT2D eigenvalue weighted by Gasteiger charge is -2.35. The molecule has 1 heterocycles. The van der Waals surface area contributed by atoms with Gasteiger partial charge < -0.3 is 14.9 Å². The number of carbonyl (C=O) groups is 2. The first-order chi connectivity index (χ1) is 8.89. The largest absolute Gasteiger partial charge is 0.515 e. The van der Waals surface area contributed by atoms with Gasteiger partial charge in [0.2, 0.25) is 0 Å². The van der Waals surface area contributed by atoms with Crippen LogP contribution in [0.25, 0.3) is 0 Å². The third-order valence-corrected chi connectivity index (χ3v) is 3.27. The van der Waals surface area contributed by atoms with Crippen LogP contribution in [0.3, 0.4) is 0 Å². The molecule has 1 atom stereocenters. The molecule has 5 nitrogen and oxygen atoms in total. The van der Waals surface area contributed by atoms with Crippen molar-refractivity contribution in [2.75, 3.05) is 0 Å². The molecule has 0 saturated heterocycles. The number of rotatable bonds is 2. The summed E-state index contributed by atoms with van der Waals surface area (Å²) in [5, 5.41) is 18.5. The predicted molar refractivity (Wildman–Crippen MR) is 67.3 cm³/mol. The molecule has 0 fully saturated rings. The lowest BCUT2D eigenvalue weighted by atomic mass is 9.79. The lowest BCUT2D eigenvalue weighted by molar-refractivity contribution is -0.151. The minimum atomic E-state index is -1.34. The molecule has 0 aliphatic carbocycles. The van der Waals surface area contributed by atoms with Crippen LogP contribution in [0.2, 0.25) is 0 Å². The van der Waals surface area contributed by atoms with Gasteiger partial charge in [-0.2, -0.15) is 0 Å². The van der Waals surface area contributed by atoms with Crippen LogP contribution in [0.4, 0.5) is 0 Å². The summed E-state index contributed by atoms with van der Waals surface area (Å²) in [5.74, 6) is -1.19. The zero-order valence-corrected chi connectivity index (χ0v) is 10.6. The monoisotopic (exact) mass is 262 g/mol. The highest BCUT2D eigenvalue weighted by Crippen LogP contribution is 2.38. The molecular formula is C14H14O5. The van der Waals surface area contributed by atoms with Crippen molar-refractivity contribution < 1.29 is 24.5 Å². The summed E-state index contributed by atoms with van der Waals surface area (Å²) in [7, 11) is 0. The standard InChI is InChI=1S/C14H14O5/c1-14(2,13(17)18)12-9(7-15)11(16)8-5-3-4-6-10(8)19-12/h3-7,12,15H,1-2H3,(H,17,18)/b9-7-. The van der Waals surface area contributed by atoms with Crippen LogP contribution in [-0.4, -0.2) is 28.1 Å². The van der Waals surface area contributed by atoms with Crippen molar-refractivity contribution in [2.24, 2.45) is 5.41 Å². The Bertz CT molecular complexity index is 571. The van der Waals surface area contributed by atoms with Gasteiger partial charge in [0.15, 0.2) is 5.78 Å². The number of hydrogen-bond donors (Lipinski definition) is 2. The maximum absolute atomic E-state index is 12.2. The highest BCUT2D eigenvalue weighted by molar-refractivity contribution is 6.12. The van der Waals surface area contributed by atoms with E-state index in [2.05, 4.69) is 0 Å². The molecule has 0 saturated carbocycles. The summed E-state index contributed by atoms with van der Waals surface area (Å²) in [5.41, 5.74) is -1.07. The molecule has 1 aliphatic rings. The van der Waals surface area contributed by atoms with E-state index >= 15 is 0 Å². The number of benzene rings is 1. The molecule has 0 aromatic heterocycles. The highest BCUT2D eigenvalue weighted by Gasteiger charge is 2.46. The Morgan fingerprint density at radius 2 is 2.00 bits per heavy atom. The number of carbonyl (C=O) groups excluding carboxylic acids is 1. The van der Waals surface area contributed by atoms with E-state index < -0.39 is 23.3 Å². The Labute approximate surface area is 110 Å². The van der Waals surface area contributed by atoms with Gasteiger partial charge in [0.05, 0.1) is 17.4 Å². The van der Waals surface area contributed by atoms with Crippen molar-refractivity contribution in [2.45, 2.75) is 20.0 Å². The van der Waals surface area contributed by atoms with Crippen molar-refractivity contribution in [1.29, 1.82) is 0 Å². The summed E-state index contributed by atoms with van der Waals surface area (Å²) in [6.07, 6.45) is -0.398. The molecule has 0 spiro atoms. The van der Waals surface area contributed by atoms with E-state index in [1.165, 1.54) is 13.8 Å². The van der Waals surface area contributed by atoms with E-state index in [1.54, 1.807) is 24.3 Å². The van der Waals surface area contributed by atoms with Crippen LogP contribution in [0.5, 0.6) is 5.75 Å². The third kappa shape index (κ3) is 1.97. The summed E-state index contributed by atoms with van der Waals surface area (Å²) in [4.78, 5) is 23.5. The number of Topliss-reactive ketones (excluding diaryl/α,β-unsaturated/α-hetero) is 1. The number of carboxylic acids is 1. The van der Waals surface area contributed by atoms with Crippen molar-refractivity contribution in [1.82, 2.24) is 0 Å². The van der Waals surface area contributed by atoms with Gasteiger partial charge in [0.25, 0.3) is 0 Å². The first-order valence-corrected chi connectivity index (χ1v) is 5.77. The Hall–Kier alpha value is -2.30. The van der Waals surface area contributed by atoms with Crippen LogP contribution in [0, 0.1) is 5.41 Å². The van der Waals surface area contributed by atoms with E-state index in [0.717, 1.165) is 0 Å². The predicted octanol–water partition coefficient (Wildman–Crippen LogP) is 2.18. The molecule has 1 aromatic carbocycles. The molecule has 1 aliphatic heterocycles. The van der Waals surface area contributed by atoms with Crippen molar-refractivity contribution >= 4 is 11.8 Å². The fraction of sp³-hybridized carbons (Fsp3) is 0.286. The van der Waals surface area contributed by atoms with Gasteiger partial charge >= 0.3 is 5.97 Å². The number of aliphatic carboxylic acids is 1. The Kier molecular flexibility index (Phi) is 3.06. The van der Waals surface area contributed by atoms with Crippen LogP contribution in [0.1, 0.15) is 24.2 Å². The van der Waals surface area contributed by atoms with Gasteiger partial charge in [-0.3, -0.25) is 9.59 Å². The summed E-state index contributed by atoms with van der Waals surface area (Å²) in [6, 6.07) is 6.56. The number of fused-ring (bicyclic) bond motifs is 1. The molecule has 2 rings (SSSR count). The van der Waals surface area contributed by atoms with E-state index in [-0.39, 0.29) is 5.57 Å². The number of ether oxygens (including phenoxy) is 1. The molecule has 1 unspecified atom stereocenters. The number of ketones is 1. The molecule has 0 radical (unpaired) electrons. The van der Waals surface area contributed by atoms with E-state index in [4.69, 9.17) is 4.74 Å². The summed E-state index contributed by atoms with van der Waals surface area (Å²) in [6.45, 7) is 2.90. The first-order valence-electron chi connectivity index (χ1n) is 5.77. The van der Waals surface area contributed by atoms with Gasteiger partial charge in [-0.1, -0.05) is 12.1 Å². The lowest BCUT2D eigenvalue weighted by Crippen LogP contribution is -2.46. The minimum absolute atomic E-state index is 0.0499. The molecule has 0 amide bonds. The second-order valence-corrected chi connectivity index (χ2v) is 4.93. The molecule has 5 heteroatoms. The minimum Gasteiger partial charge on any atom is -0.515 e. The topological polar surface area (TPSA) is 83.8 Å². The molecule has 1 aromatic rings. The first kappa shape index (κ1) is 13.1. The molecule has 19 heavy (non-hydrogen) atoms. The van der Waals surface area contributed by atoms with Gasteiger partial charge in [0, 0.05) is 0 Å². The average Bonchev–Trinajstić information content (AvgIpc) is 2.38. The maximum Gasteiger partial charge on any atom is 0.313 e. The van der Waals surface area contributed by atoms with Crippen LogP contribution in [-0.2, 0) is 4.79 Å². The Morgan fingerprint density at radius 3 is 2.58 bits per heavy atom. The second-order valence-electron chi connectivity index (χ2n) is 4.93. The molecule has 2 N–H and O–H groups in total. The second kappa shape index (κ2) is 4.42. The van der Waals surface area contributed by atoms with Crippen molar-refractivity contribution in [3.05, 3.63) is 41.7 Å². The number of para-hydroxylation sites is 1. The maximum atomic E-state index is 12.2. The fourth-order valence-electron chi connectivity index (χ4n) is 2.00. The van der Waals surface area contributed by atoms with Gasteiger partial charge in [-0.25, -0.2) is 0 Å². The van der Waals surface area contributed by atoms with Crippen LogP contribution >= 0.6 is 0 Å². The van der Waals surface area contributed by atoms with Crippen LogP contribution in [0.15, 0.2) is 36.1 Å². The smallest absolute Gasteiger partial charge is 0.313 e. The van der Waals surface area contributed by atoms with Gasteiger partial charge in [0.1, 0.15) is 17.3 Å². The van der Waals surface area contributed by atoms with Crippen molar-refractivity contribution in [3.63, 3.8) is 0 Å². The zero-order chi connectivity index (χ0) is 14.2. The zero-order valence-electron chi connectivity index (χ0n) is 10.6.